The molecule has 0 aliphatic rings. The number of carbonyl (C=O) groups excluding carboxylic acids is 2. The molecule has 2 amide bonds. The van der Waals surface area contributed by atoms with Crippen LogP contribution in [0.5, 0.6) is 0 Å². The summed E-state index contributed by atoms with van der Waals surface area (Å²) in [5, 5.41) is 16.4. The molecule has 3 aromatic rings. The Bertz CT molecular complexity index is 1130. The first-order valence-corrected chi connectivity index (χ1v) is 12.2. The lowest BCUT2D eigenvalue weighted by Crippen LogP contribution is -2.24. The van der Waals surface area contributed by atoms with Crippen LogP contribution in [-0.4, -0.2) is 33.1 Å². The molecule has 1 unspecified atom stereocenters. The van der Waals surface area contributed by atoms with Crippen LogP contribution in [0.25, 0.3) is 11.3 Å². The van der Waals surface area contributed by atoms with Crippen molar-refractivity contribution in [3.05, 3.63) is 59.5 Å². The first-order valence-electron chi connectivity index (χ1n) is 10.5. The minimum absolute atomic E-state index is 0.0922. The number of benzene rings is 2. The summed E-state index contributed by atoms with van der Waals surface area (Å²) >= 11 is 2.79. The van der Waals surface area contributed by atoms with Crippen LogP contribution in [-0.2, 0) is 14.4 Å². The number of carboxylic acids is 1. The van der Waals surface area contributed by atoms with E-state index < -0.39 is 5.97 Å². The highest BCUT2D eigenvalue weighted by Gasteiger charge is 2.20. The minimum Gasteiger partial charge on any atom is -0.481 e. The second kappa shape index (κ2) is 11.6. The average molecular weight is 484 g/mol. The maximum Gasteiger partial charge on any atom is 0.303 e. The summed E-state index contributed by atoms with van der Waals surface area (Å²) in [5.41, 5.74) is 3.56. The van der Waals surface area contributed by atoms with Crippen molar-refractivity contribution >= 4 is 51.7 Å². The van der Waals surface area contributed by atoms with Crippen molar-refractivity contribution in [3.63, 3.8) is 0 Å². The molecule has 2 aromatic carbocycles. The number of hydrogen-bond acceptors (Lipinski definition) is 6. The summed E-state index contributed by atoms with van der Waals surface area (Å²) in [6.45, 7) is 3.97. The van der Waals surface area contributed by atoms with Gasteiger partial charge in [0.05, 0.1) is 17.4 Å². The highest BCUT2D eigenvalue weighted by atomic mass is 32.2. The van der Waals surface area contributed by atoms with Crippen LogP contribution >= 0.6 is 23.1 Å². The van der Waals surface area contributed by atoms with Gasteiger partial charge in [0.25, 0.3) is 0 Å². The number of hydrogen-bond donors (Lipinski definition) is 3. The van der Waals surface area contributed by atoms with Gasteiger partial charge in [-0.05, 0) is 31.5 Å². The molecule has 9 heteroatoms. The molecule has 1 atom stereocenters. The topological polar surface area (TPSA) is 108 Å². The Labute approximate surface area is 200 Å². The van der Waals surface area contributed by atoms with E-state index in [9.17, 15) is 14.4 Å². The number of thiazole rings is 1. The Balaban J connectivity index is 1.60. The van der Waals surface area contributed by atoms with Crippen LogP contribution in [0.1, 0.15) is 31.7 Å². The molecule has 0 saturated carbocycles. The van der Waals surface area contributed by atoms with Crippen LogP contribution < -0.4 is 10.6 Å². The van der Waals surface area contributed by atoms with E-state index in [0.717, 1.165) is 16.2 Å². The van der Waals surface area contributed by atoms with E-state index in [4.69, 9.17) is 5.11 Å². The predicted octanol–water partition coefficient (Wildman–Crippen LogP) is 5.43. The minimum atomic E-state index is -1.02. The molecule has 7 nitrogen and oxygen atoms in total. The lowest BCUT2D eigenvalue weighted by Gasteiger charge is -2.14. The third kappa shape index (κ3) is 7.44. The van der Waals surface area contributed by atoms with Gasteiger partial charge in [0.1, 0.15) is 0 Å². The van der Waals surface area contributed by atoms with Gasteiger partial charge in [0.15, 0.2) is 5.13 Å². The van der Waals surface area contributed by atoms with E-state index in [1.165, 1.54) is 28.7 Å². The average Bonchev–Trinajstić information content (AvgIpc) is 3.25. The first-order chi connectivity index (χ1) is 15.8. The van der Waals surface area contributed by atoms with Crippen LogP contribution in [0.4, 0.5) is 10.8 Å². The van der Waals surface area contributed by atoms with Crippen LogP contribution in [0, 0.1) is 6.92 Å². The maximum absolute atomic E-state index is 12.9. The number of anilines is 2. The van der Waals surface area contributed by atoms with Gasteiger partial charge >= 0.3 is 5.97 Å². The highest BCUT2D eigenvalue weighted by Crippen LogP contribution is 2.30. The summed E-state index contributed by atoms with van der Waals surface area (Å²) in [7, 11) is 0. The fourth-order valence-electron chi connectivity index (χ4n) is 2.95. The van der Waals surface area contributed by atoms with E-state index in [1.807, 2.05) is 49.6 Å². The number of carbonyl (C=O) groups is 3. The monoisotopic (exact) mass is 483 g/mol. The molecule has 0 saturated heterocycles. The van der Waals surface area contributed by atoms with E-state index in [2.05, 4.69) is 15.6 Å². The third-order valence-corrected chi connectivity index (χ3v) is 6.82. The van der Waals surface area contributed by atoms with Gasteiger partial charge in [-0.1, -0.05) is 42.8 Å². The molecule has 0 aliphatic carbocycles. The van der Waals surface area contributed by atoms with Gasteiger partial charge in [0, 0.05) is 27.9 Å². The number of aliphatic carboxylic acids is 1. The van der Waals surface area contributed by atoms with Gasteiger partial charge < -0.3 is 15.7 Å². The van der Waals surface area contributed by atoms with E-state index in [0.29, 0.717) is 17.2 Å². The number of aromatic nitrogens is 1. The lowest BCUT2D eigenvalue weighted by atomic mass is 10.1. The summed E-state index contributed by atoms with van der Waals surface area (Å²) in [6.07, 6.45) is 0.299. The van der Waals surface area contributed by atoms with Crippen molar-refractivity contribution in [2.24, 2.45) is 0 Å². The number of nitrogens with zero attached hydrogens (tertiary/aromatic N) is 1. The molecular formula is C24H25N3O4S2. The van der Waals surface area contributed by atoms with Crippen LogP contribution in [0.15, 0.2) is 58.8 Å². The Kier molecular flexibility index (Phi) is 8.62. The van der Waals surface area contributed by atoms with Crippen LogP contribution in [0.2, 0.25) is 0 Å². The largest absolute Gasteiger partial charge is 0.481 e. The smallest absolute Gasteiger partial charge is 0.303 e. The molecule has 33 heavy (non-hydrogen) atoms. The van der Waals surface area contributed by atoms with E-state index in [-0.39, 0.29) is 29.9 Å². The molecule has 1 aromatic heterocycles. The zero-order valence-electron chi connectivity index (χ0n) is 18.3. The molecule has 0 bridgehead atoms. The van der Waals surface area contributed by atoms with Crippen molar-refractivity contribution in [1.82, 2.24) is 4.98 Å². The summed E-state index contributed by atoms with van der Waals surface area (Å²) in [5.74, 6) is -1.52. The molecule has 0 radical (unpaired) electrons. The fraction of sp³-hybridized carbons (Fsp3) is 0.250. The van der Waals surface area contributed by atoms with Crippen molar-refractivity contribution in [3.8, 4) is 11.3 Å². The molecule has 0 fully saturated rings. The standard InChI is InChI=1S/C24H25N3O4S2/c1-3-20(33-18-6-4-5-17(13-18)25-21(28)11-12-22(29)30)23(31)27-24-26-19(14-32-24)16-9-7-15(2)8-10-16/h4-10,13-14,20H,3,11-12H2,1-2H3,(H,25,28)(H,29,30)(H,26,27,31). The fourth-order valence-corrected chi connectivity index (χ4v) is 4.69. The Morgan fingerprint density at radius 3 is 2.55 bits per heavy atom. The van der Waals surface area contributed by atoms with Crippen molar-refractivity contribution < 1.29 is 19.5 Å². The van der Waals surface area contributed by atoms with E-state index >= 15 is 0 Å². The van der Waals surface area contributed by atoms with Gasteiger partial charge in [0.2, 0.25) is 11.8 Å². The number of nitrogens with one attached hydrogen (secondary N) is 2. The third-order valence-electron chi connectivity index (χ3n) is 4.71. The number of amides is 2. The summed E-state index contributed by atoms with van der Waals surface area (Å²) in [6, 6.07) is 15.2. The SMILES string of the molecule is CCC(Sc1cccc(NC(=O)CCC(=O)O)c1)C(=O)Nc1nc(-c2ccc(C)cc2)cs1. The Morgan fingerprint density at radius 2 is 1.85 bits per heavy atom. The molecular weight excluding hydrogens is 458 g/mol. The normalized spacial score (nSPS) is 11.6. The van der Waals surface area contributed by atoms with Gasteiger partial charge in [-0.25, -0.2) is 4.98 Å². The Hall–Kier alpha value is -3.17. The zero-order chi connectivity index (χ0) is 23.8. The lowest BCUT2D eigenvalue weighted by molar-refractivity contribution is -0.138. The second-order valence-corrected chi connectivity index (χ2v) is 9.51. The Morgan fingerprint density at radius 1 is 1.09 bits per heavy atom. The number of rotatable bonds is 10. The summed E-state index contributed by atoms with van der Waals surface area (Å²) < 4.78 is 0. The maximum atomic E-state index is 12.9. The molecule has 0 spiro atoms. The molecule has 0 aliphatic heterocycles. The number of carboxylic acid groups (broad SMARTS) is 1. The molecule has 1 heterocycles. The van der Waals surface area contributed by atoms with Crippen molar-refractivity contribution in [2.45, 2.75) is 43.3 Å². The molecule has 3 rings (SSSR count). The van der Waals surface area contributed by atoms with Gasteiger partial charge in [-0.3, -0.25) is 14.4 Å². The van der Waals surface area contributed by atoms with Crippen molar-refractivity contribution in [2.75, 3.05) is 10.6 Å². The van der Waals surface area contributed by atoms with Crippen molar-refractivity contribution in [1.29, 1.82) is 0 Å². The quantitative estimate of drug-likeness (QED) is 0.332. The molecule has 172 valence electrons. The van der Waals surface area contributed by atoms with Gasteiger partial charge in [-0.15, -0.1) is 23.1 Å². The number of aryl methyl sites for hydroxylation is 1. The van der Waals surface area contributed by atoms with Gasteiger partial charge in [-0.2, -0.15) is 0 Å². The molecule has 3 N–H and O–H groups in total. The number of thioether (sulfide) groups is 1. The highest BCUT2D eigenvalue weighted by molar-refractivity contribution is 8.00. The second-order valence-electron chi connectivity index (χ2n) is 7.38. The first kappa shape index (κ1) is 24.5. The van der Waals surface area contributed by atoms with Crippen LogP contribution in [0.3, 0.4) is 0 Å². The predicted molar refractivity (Wildman–Crippen MR) is 133 cm³/mol. The zero-order valence-corrected chi connectivity index (χ0v) is 20.0. The van der Waals surface area contributed by atoms with E-state index in [1.54, 1.807) is 18.2 Å². The summed E-state index contributed by atoms with van der Waals surface area (Å²) in [4.78, 5) is 40.7.